The van der Waals surface area contributed by atoms with E-state index in [1.54, 1.807) is 18.2 Å². The number of carbonyl (C=O) groups is 1. The minimum absolute atomic E-state index is 0.226. The first kappa shape index (κ1) is 23.0. The Hall–Kier alpha value is -2.73. The molecule has 1 saturated heterocycles. The van der Waals surface area contributed by atoms with E-state index in [1.165, 1.54) is 29.5 Å². The Balaban J connectivity index is 1.21. The molecule has 1 amide bonds. The van der Waals surface area contributed by atoms with Crippen LogP contribution in [0.4, 0.5) is 8.78 Å². The van der Waals surface area contributed by atoms with Crippen molar-refractivity contribution in [3.63, 3.8) is 0 Å². The highest BCUT2D eigenvalue weighted by molar-refractivity contribution is 5.87. The third-order valence-electron chi connectivity index (χ3n) is 7.35. The molecule has 0 N–H and O–H groups in total. The molecule has 0 radical (unpaired) electrons. The number of fused-ring (bicyclic) bond motifs is 3. The van der Waals surface area contributed by atoms with Crippen LogP contribution in [0.2, 0.25) is 0 Å². The number of hydrogen-bond acceptors (Lipinski definition) is 2. The molecule has 2 aliphatic rings. The van der Waals surface area contributed by atoms with Gasteiger partial charge in [0.1, 0.15) is 11.6 Å². The highest BCUT2D eigenvalue weighted by atomic mass is 19.1. The van der Waals surface area contributed by atoms with Gasteiger partial charge in [-0.1, -0.05) is 12.8 Å². The molecule has 1 aromatic heterocycles. The van der Waals surface area contributed by atoms with Gasteiger partial charge in [-0.25, -0.2) is 8.78 Å². The van der Waals surface area contributed by atoms with Crippen LogP contribution in [0.25, 0.3) is 16.6 Å². The fraction of sp³-hybridized carbons (Fsp3) is 0.464. The molecule has 4 nitrogen and oxygen atoms in total. The summed E-state index contributed by atoms with van der Waals surface area (Å²) in [4.78, 5) is 16.4. The zero-order valence-electron chi connectivity index (χ0n) is 19.7. The van der Waals surface area contributed by atoms with Crippen molar-refractivity contribution in [2.24, 2.45) is 0 Å². The maximum absolute atomic E-state index is 14.2. The monoisotopic (exact) mass is 465 g/mol. The zero-order chi connectivity index (χ0) is 23.5. The van der Waals surface area contributed by atoms with Crippen LogP contribution in [0.3, 0.4) is 0 Å². The van der Waals surface area contributed by atoms with Gasteiger partial charge >= 0.3 is 0 Å². The van der Waals surface area contributed by atoms with Gasteiger partial charge in [-0.15, -0.1) is 0 Å². The number of piperidine rings is 1. The summed E-state index contributed by atoms with van der Waals surface area (Å²) < 4.78 is 29.8. The van der Waals surface area contributed by atoms with Crippen LogP contribution in [0.1, 0.15) is 56.2 Å². The Morgan fingerprint density at radius 2 is 1.56 bits per heavy atom. The molecule has 3 aromatic rings. The molecular weight excluding hydrogens is 432 g/mol. The Bertz CT molecular complexity index is 1150. The molecule has 34 heavy (non-hydrogen) atoms. The first-order valence-electron chi connectivity index (χ1n) is 12.7. The topological polar surface area (TPSA) is 28.5 Å². The summed E-state index contributed by atoms with van der Waals surface area (Å²) >= 11 is 0. The van der Waals surface area contributed by atoms with Crippen molar-refractivity contribution >= 4 is 16.8 Å². The van der Waals surface area contributed by atoms with Gasteiger partial charge in [0, 0.05) is 55.8 Å². The number of amides is 1. The molecule has 2 aliphatic heterocycles. The molecular formula is C28H33F2N3O. The summed E-state index contributed by atoms with van der Waals surface area (Å²) in [5.74, 6) is -0.156. The van der Waals surface area contributed by atoms with E-state index in [1.807, 2.05) is 11.0 Å². The van der Waals surface area contributed by atoms with Gasteiger partial charge in [0.05, 0.1) is 5.52 Å². The van der Waals surface area contributed by atoms with E-state index in [0.717, 1.165) is 101 Å². The van der Waals surface area contributed by atoms with Crippen molar-refractivity contribution in [1.29, 1.82) is 0 Å². The Morgan fingerprint density at radius 1 is 0.794 bits per heavy atom. The van der Waals surface area contributed by atoms with Gasteiger partial charge in [-0.2, -0.15) is 0 Å². The number of rotatable bonds is 8. The van der Waals surface area contributed by atoms with Gasteiger partial charge in [0.25, 0.3) is 0 Å². The molecule has 0 spiro atoms. The van der Waals surface area contributed by atoms with Crippen LogP contribution in [-0.2, 0) is 17.8 Å². The van der Waals surface area contributed by atoms with Crippen LogP contribution in [0.15, 0.2) is 42.5 Å². The van der Waals surface area contributed by atoms with Gasteiger partial charge in [0.2, 0.25) is 5.91 Å². The number of aromatic nitrogens is 1. The first-order valence-corrected chi connectivity index (χ1v) is 12.7. The normalized spacial score (nSPS) is 16.9. The quantitative estimate of drug-likeness (QED) is 0.391. The minimum Gasteiger partial charge on any atom is -0.343 e. The van der Waals surface area contributed by atoms with Crippen LogP contribution in [0.5, 0.6) is 0 Å². The third-order valence-corrected chi connectivity index (χ3v) is 7.35. The van der Waals surface area contributed by atoms with E-state index >= 15 is 0 Å². The fourth-order valence-corrected chi connectivity index (χ4v) is 5.55. The van der Waals surface area contributed by atoms with E-state index in [0.29, 0.717) is 5.91 Å². The largest absolute Gasteiger partial charge is 0.343 e. The van der Waals surface area contributed by atoms with Crippen molar-refractivity contribution in [3.05, 3.63) is 65.4 Å². The number of benzene rings is 2. The summed E-state index contributed by atoms with van der Waals surface area (Å²) in [5.41, 5.74) is 4.29. The molecule has 0 saturated carbocycles. The summed E-state index contributed by atoms with van der Waals surface area (Å²) in [6.45, 7) is 4.64. The summed E-state index contributed by atoms with van der Waals surface area (Å²) in [5, 5.41) is 0.954. The maximum atomic E-state index is 14.2. The lowest BCUT2D eigenvalue weighted by Crippen LogP contribution is -2.35. The third kappa shape index (κ3) is 4.88. The SMILES string of the molecule is O=C1CCCCN1CCCCCCN1CCc2c(c3cc(F)ccc3n2-c2ccc(F)cc2)C1. The molecule has 0 bridgehead atoms. The van der Waals surface area contributed by atoms with E-state index in [2.05, 4.69) is 9.47 Å². The number of halogens is 2. The van der Waals surface area contributed by atoms with Crippen molar-refractivity contribution in [2.45, 2.75) is 57.9 Å². The highest BCUT2D eigenvalue weighted by Gasteiger charge is 2.25. The summed E-state index contributed by atoms with van der Waals surface area (Å²) in [6, 6.07) is 11.5. The summed E-state index contributed by atoms with van der Waals surface area (Å²) in [6.07, 6.45) is 8.33. The van der Waals surface area contributed by atoms with Gasteiger partial charge in [-0.3, -0.25) is 9.69 Å². The number of hydrogen-bond donors (Lipinski definition) is 0. The zero-order valence-corrected chi connectivity index (χ0v) is 19.7. The second-order valence-corrected chi connectivity index (χ2v) is 9.68. The standard InChI is InChI=1S/C28H33F2N3O/c29-21-8-11-23(12-9-21)33-26-13-10-22(30)19-24(26)25-20-31(18-14-27(25)33)15-4-1-2-5-16-32-17-6-3-7-28(32)34/h8-13,19H,1-7,14-18,20H2. The molecule has 180 valence electrons. The molecule has 0 unspecified atom stereocenters. The molecule has 1 fully saturated rings. The number of nitrogens with zero attached hydrogens (tertiary/aromatic N) is 3. The van der Waals surface area contributed by atoms with Crippen LogP contribution < -0.4 is 0 Å². The van der Waals surface area contributed by atoms with Crippen LogP contribution >= 0.6 is 0 Å². The average Bonchev–Trinajstić information content (AvgIpc) is 3.16. The minimum atomic E-state index is -0.256. The maximum Gasteiger partial charge on any atom is 0.222 e. The van der Waals surface area contributed by atoms with E-state index < -0.39 is 0 Å². The molecule has 3 heterocycles. The van der Waals surface area contributed by atoms with E-state index in [9.17, 15) is 13.6 Å². The number of carbonyl (C=O) groups excluding carboxylic acids is 1. The van der Waals surface area contributed by atoms with Crippen LogP contribution in [-0.4, -0.2) is 46.5 Å². The van der Waals surface area contributed by atoms with Gasteiger partial charge < -0.3 is 9.47 Å². The second kappa shape index (κ2) is 10.3. The number of unbranched alkanes of at least 4 members (excludes halogenated alkanes) is 3. The smallest absolute Gasteiger partial charge is 0.222 e. The predicted octanol–water partition coefficient (Wildman–Crippen LogP) is 5.84. The lowest BCUT2D eigenvalue weighted by atomic mass is 10.0. The number of likely N-dealkylation sites (tertiary alicyclic amines) is 1. The molecule has 6 heteroatoms. The molecule has 0 atom stereocenters. The van der Waals surface area contributed by atoms with Crippen molar-refractivity contribution in [3.8, 4) is 5.69 Å². The van der Waals surface area contributed by atoms with E-state index in [-0.39, 0.29) is 11.6 Å². The molecule has 5 rings (SSSR count). The van der Waals surface area contributed by atoms with Crippen molar-refractivity contribution in [1.82, 2.24) is 14.4 Å². The fourth-order valence-electron chi connectivity index (χ4n) is 5.55. The Labute approximate surface area is 200 Å². The lowest BCUT2D eigenvalue weighted by Gasteiger charge is -2.28. The Kier molecular flexibility index (Phi) is 6.95. The summed E-state index contributed by atoms with van der Waals surface area (Å²) in [7, 11) is 0. The predicted molar refractivity (Wildman–Crippen MR) is 131 cm³/mol. The lowest BCUT2D eigenvalue weighted by molar-refractivity contribution is -0.133. The van der Waals surface area contributed by atoms with Crippen molar-refractivity contribution in [2.75, 3.05) is 26.2 Å². The molecule has 0 aliphatic carbocycles. The average molecular weight is 466 g/mol. The first-order chi connectivity index (χ1) is 16.6. The van der Waals surface area contributed by atoms with Crippen molar-refractivity contribution < 1.29 is 13.6 Å². The van der Waals surface area contributed by atoms with Gasteiger partial charge in [0.15, 0.2) is 0 Å². The Morgan fingerprint density at radius 3 is 2.35 bits per heavy atom. The van der Waals surface area contributed by atoms with Gasteiger partial charge in [-0.05, 0) is 80.3 Å². The van der Waals surface area contributed by atoms with E-state index in [4.69, 9.17) is 0 Å². The molecule has 2 aromatic carbocycles. The van der Waals surface area contributed by atoms with Crippen LogP contribution in [0, 0.1) is 11.6 Å². The highest BCUT2D eigenvalue weighted by Crippen LogP contribution is 2.34. The second-order valence-electron chi connectivity index (χ2n) is 9.68.